The Morgan fingerprint density at radius 1 is 1.50 bits per heavy atom. The van der Waals surface area contributed by atoms with Crippen molar-refractivity contribution in [2.75, 3.05) is 11.4 Å². The van der Waals surface area contributed by atoms with Crippen LogP contribution in [-0.4, -0.2) is 28.1 Å². The van der Waals surface area contributed by atoms with E-state index in [4.69, 9.17) is 9.52 Å². The lowest BCUT2D eigenvalue weighted by Gasteiger charge is -2.33. The molecule has 5 heteroatoms. The summed E-state index contributed by atoms with van der Waals surface area (Å²) in [6, 6.07) is 5.13. The molecule has 0 amide bonds. The zero-order valence-electron chi connectivity index (χ0n) is 11.9. The molecule has 1 heterocycles. The first-order valence-corrected chi connectivity index (χ1v) is 6.35. The van der Waals surface area contributed by atoms with Crippen LogP contribution in [0.5, 0.6) is 0 Å². The number of anilines is 1. The third-order valence-corrected chi connectivity index (χ3v) is 2.98. The molecule has 106 valence electrons. The molecule has 2 rings (SSSR count). The highest BCUT2D eigenvalue weighted by atomic mass is 16.4. The maximum atomic E-state index is 11.0. The van der Waals surface area contributed by atoms with Crippen molar-refractivity contribution in [1.82, 2.24) is 4.98 Å². The number of carboxylic acids is 1. The molecule has 0 bridgehead atoms. The first kappa shape index (κ1) is 14.1. The lowest BCUT2D eigenvalue weighted by molar-refractivity contribution is 0.0697. The van der Waals surface area contributed by atoms with E-state index in [-0.39, 0.29) is 11.1 Å². The van der Waals surface area contributed by atoms with E-state index < -0.39 is 5.97 Å². The third-order valence-electron chi connectivity index (χ3n) is 2.98. The number of fused-ring (bicyclic) bond motifs is 1. The molecule has 2 aromatic rings. The van der Waals surface area contributed by atoms with E-state index in [2.05, 4.69) is 11.6 Å². The fourth-order valence-electron chi connectivity index (χ4n) is 1.93. The molecule has 0 aliphatic heterocycles. The molecule has 1 aromatic carbocycles. The van der Waals surface area contributed by atoms with Crippen molar-refractivity contribution in [1.29, 1.82) is 0 Å². The summed E-state index contributed by atoms with van der Waals surface area (Å²) in [5.41, 5.74) is 1.12. The van der Waals surface area contributed by atoms with Gasteiger partial charge >= 0.3 is 5.97 Å². The Morgan fingerprint density at radius 2 is 2.20 bits per heavy atom. The minimum absolute atomic E-state index is 0.176. The number of carbonyl (C=O) groups is 1. The molecular weight excluding hydrogens is 256 g/mol. The fourth-order valence-corrected chi connectivity index (χ4v) is 1.93. The van der Waals surface area contributed by atoms with Gasteiger partial charge in [0.25, 0.3) is 6.01 Å². The molecule has 0 atom stereocenters. The summed E-state index contributed by atoms with van der Waals surface area (Å²) in [7, 11) is 0. The Hall–Kier alpha value is -2.30. The monoisotopic (exact) mass is 274 g/mol. The van der Waals surface area contributed by atoms with E-state index in [0.29, 0.717) is 23.7 Å². The van der Waals surface area contributed by atoms with Gasteiger partial charge in [0.1, 0.15) is 5.52 Å². The van der Waals surface area contributed by atoms with E-state index in [1.54, 1.807) is 12.1 Å². The van der Waals surface area contributed by atoms with Gasteiger partial charge in [0.2, 0.25) is 0 Å². The number of oxazole rings is 1. The minimum atomic E-state index is -0.983. The second-order valence-corrected chi connectivity index (χ2v) is 5.55. The van der Waals surface area contributed by atoms with Crippen LogP contribution in [0.15, 0.2) is 35.3 Å². The Kier molecular flexibility index (Phi) is 3.53. The number of hydrogen-bond donors (Lipinski definition) is 1. The van der Waals surface area contributed by atoms with E-state index in [0.717, 1.165) is 0 Å². The average Bonchev–Trinajstić information content (AvgIpc) is 2.76. The largest absolute Gasteiger partial charge is 0.478 e. The summed E-state index contributed by atoms with van der Waals surface area (Å²) in [5.74, 6) is -0.983. The first-order valence-electron chi connectivity index (χ1n) is 6.35. The normalized spacial score (nSPS) is 11.6. The standard InChI is InChI=1S/C15H18N2O3/c1-5-8-17(15(2,3)4)14-16-11-7-6-10(13(18)19)9-12(11)20-14/h5-7,9H,1,8H2,2-4H3,(H,18,19). The molecule has 0 spiro atoms. The summed E-state index contributed by atoms with van der Waals surface area (Å²) in [6.45, 7) is 10.5. The van der Waals surface area contributed by atoms with E-state index in [1.807, 2.05) is 25.7 Å². The highest BCUT2D eigenvalue weighted by Gasteiger charge is 2.25. The Bertz CT molecular complexity index is 653. The molecule has 0 saturated carbocycles. The lowest BCUT2D eigenvalue weighted by Crippen LogP contribution is -2.41. The summed E-state index contributed by atoms with van der Waals surface area (Å²) in [6.07, 6.45) is 1.78. The maximum Gasteiger partial charge on any atom is 0.335 e. The second kappa shape index (κ2) is 5.00. The van der Waals surface area contributed by atoms with Gasteiger partial charge in [-0.15, -0.1) is 6.58 Å². The van der Waals surface area contributed by atoms with Crippen LogP contribution in [0, 0.1) is 0 Å². The molecule has 0 aliphatic rings. The summed E-state index contributed by atoms with van der Waals surface area (Å²) < 4.78 is 5.70. The minimum Gasteiger partial charge on any atom is -0.478 e. The van der Waals surface area contributed by atoms with Crippen molar-refractivity contribution in [2.45, 2.75) is 26.3 Å². The number of benzene rings is 1. The summed E-state index contributed by atoms with van der Waals surface area (Å²) >= 11 is 0. The average molecular weight is 274 g/mol. The van der Waals surface area contributed by atoms with Crippen LogP contribution in [0.4, 0.5) is 6.01 Å². The molecule has 0 unspecified atom stereocenters. The third kappa shape index (κ3) is 2.66. The molecule has 0 fully saturated rings. The van der Waals surface area contributed by atoms with E-state index in [9.17, 15) is 4.79 Å². The van der Waals surface area contributed by atoms with Crippen molar-refractivity contribution in [3.8, 4) is 0 Å². The topological polar surface area (TPSA) is 66.6 Å². The predicted octanol–water partition coefficient (Wildman–Crippen LogP) is 3.32. The lowest BCUT2D eigenvalue weighted by atomic mass is 10.1. The molecule has 1 N–H and O–H groups in total. The van der Waals surface area contributed by atoms with Gasteiger partial charge in [-0.1, -0.05) is 6.08 Å². The van der Waals surface area contributed by atoms with Crippen LogP contribution < -0.4 is 4.90 Å². The fraction of sp³-hybridized carbons (Fsp3) is 0.333. The van der Waals surface area contributed by atoms with Gasteiger partial charge in [-0.25, -0.2) is 4.79 Å². The Morgan fingerprint density at radius 3 is 2.75 bits per heavy atom. The number of nitrogens with zero attached hydrogens (tertiary/aromatic N) is 2. The number of hydrogen-bond acceptors (Lipinski definition) is 4. The van der Waals surface area contributed by atoms with Crippen molar-refractivity contribution in [3.05, 3.63) is 36.4 Å². The van der Waals surface area contributed by atoms with Crippen LogP contribution in [0.1, 0.15) is 31.1 Å². The van der Waals surface area contributed by atoms with Gasteiger partial charge in [0.15, 0.2) is 5.58 Å². The summed E-state index contributed by atoms with van der Waals surface area (Å²) in [5, 5.41) is 8.99. The zero-order valence-corrected chi connectivity index (χ0v) is 11.9. The number of aromatic nitrogens is 1. The summed E-state index contributed by atoms with van der Waals surface area (Å²) in [4.78, 5) is 17.4. The number of aromatic carboxylic acids is 1. The van der Waals surface area contributed by atoms with Crippen molar-refractivity contribution >= 4 is 23.1 Å². The van der Waals surface area contributed by atoms with Crippen LogP contribution >= 0.6 is 0 Å². The Labute approximate surface area is 117 Å². The van der Waals surface area contributed by atoms with Gasteiger partial charge in [0.05, 0.1) is 5.56 Å². The molecule has 5 nitrogen and oxygen atoms in total. The van der Waals surface area contributed by atoms with Crippen molar-refractivity contribution < 1.29 is 14.3 Å². The number of rotatable bonds is 4. The maximum absolute atomic E-state index is 11.0. The van der Waals surface area contributed by atoms with E-state index in [1.165, 1.54) is 12.1 Å². The van der Waals surface area contributed by atoms with Gasteiger partial charge in [-0.2, -0.15) is 4.98 Å². The second-order valence-electron chi connectivity index (χ2n) is 5.55. The van der Waals surface area contributed by atoms with Crippen LogP contribution in [0.3, 0.4) is 0 Å². The SMILES string of the molecule is C=CCN(c1nc2ccc(C(=O)O)cc2o1)C(C)(C)C. The molecule has 20 heavy (non-hydrogen) atoms. The molecule has 0 aliphatic carbocycles. The van der Waals surface area contributed by atoms with Gasteiger partial charge in [-0.05, 0) is 39.0 Å². The number of carboxylic acid groups (broad SMARTS) is 1. The van der Waals surface area contributed by atoms with Gasteiger partial charge < -0.3 is 14.4 Å². The van der Waals surface area contributed by atoms with Crippen LogP contribution in [-0.2, 0) is 0 Å². The smallest absolute Gasteiger partial charge is 0.335 e. The Balaban J connectivity index is 2.49. The molecule has 0 radical (unpaired) electrons. The van der Waals surface area contributed by atoms with Crippen LogP contribution in [0.2, 0.25) is 0 Å². The van der Waals surface area contributed by atoms with Gasteiger partial charge in [-0.3, -0.25) is 0 Å². The van der Waals surface area contributed by atoms with Crippen molar-refractivity contribution in [2.24, 2.45) is 0 Å². The highest BCUT2D eigenvalue weighted by Crippen LogP contribution is 2.27. The van der Waals surface area contributed by atoms with Crippen LogP contribution in [0.25, 0.3) is 11.1 Å². The molecular formula is C15H18N2O3. The quantitative estimate of drug-likeness (QED) is 0.866. The molecule has 1 aromatic heterocycles. The predicted molar refractivity (Wildman–Crippen MR) is 78.3 cm³/mol. The zero-order chi connectivity index (χ0) is 14.9. The molecule has 0 saturated heterocycles. The highest BCUT2D eigenvalue weighted by molar-refractivity contribution is 5.92. The van der Waals surface area contributed by atoms with Gasteiger partial charge in [0, 0.05) is 12.1 Å². The first-order chi connectivity index (χ1) is 9.32. The van der Waals surface area contributed by atoms with Crippen molar-refractivity contribution in [3.63, 3.8) is 0 Å². The van der Waals surface area contributed by atoms with E-state index >= 15 is 0 Å².